The van der Waals surface area contributed by atoms with Gasteiger partial charge in [0.05, 0.1) is 5.52 Å². The molecule has 1 fully saturated rings. The van der Waals surface area contributed by atoms with Crippen molar-refractivity contribution in [2.75, 3.05) is 13.1 Å². The first-order valence-electron chi connectivity index (χ1n) is 6.20. The lowest BCUT2D eigenvalue weighted by molar-refractivity contribution is 0.332. The van der Waals surface area contributed by atoms with Crippen LogP contribution in [0.15, 0.2) is 24.4 Å². The number of para-hydroxylation sites is 1. The number of benzene rings is 1. The maximum absolute atomic E-state index is 13.7. The molecule has 0 radical (unpaired) electrons. The van der Waals surface area contributed by atoms with Gasteiger partial charge in [-0.05, 0) is 37.6 Å². The molecule has 1 aliphatic heterocycles. The summed E-state index contributed by atoms with van der Waals surface area (Å²) in [6, 6.07) is 5.34. The van der Waals surface area contributed by atoms with E-state index in [4.69, 9.17) is 0 Å². The molecular weight excluding hydrogens is 215 g/mol. The minimum absolute atomic E-state index is 0.127. The Labute approximate surface area is 101 Å². The third kappa shape index (κ3) is 1.84. The predicted molar refractivity (Wildman–Crippen MR) is 67.4 cm³/mol. The molecule has 0 spiro atoms. The van der Waals surface area contributed by atoms with Crippen LogP contribution in [0, 0.1) is 5.82 Å². The Balaban J connectivity index is 2.01. The highest BCUT2D eigenvalue weighted by Gasteiger charge is 2.16. The van der Waals surface area contributed by atoms with Crippen molar-refractivity contribution in [3.8, 4) is 0 Å². The average molecular weight is 232 g/mol. The highest BCUT2D eigenvalue weighted by molar-refractivity contribution is 5.84. The highest BCUT2D eigenvalue weighted by Crippen LogP contribution is 2.25. The van der Waals surface area contributed by atoms with Crippen molar-refractivity contribution in [1.82, 2.24) is 9.47 Å². The molecule has 2 aromatic rings. The van der Waals surface area contributed by atoms with Gasteiger partial charge in [0.25, 0.3) is 0 Å². The number of halogens is 1. The van der Waals surface area contributed by atoms with Gasteiger partial charge in [-0.2, -0.15) is 0 Å². The van der Waals surface area contributed by atoms with Gasteiger partial charge in [0.2, 0.25) is 0 Å². The van der Waals surface area contributed by atoms with Gasteiger partial charge in [0.1, 0.15) is 5.82 Å². The van der Waals surface area contributed by atoms with Crippen LogP contribution in [0.3, 0.4) is 0 Å². The van der Waals surface area contributed by atoms with Gasteiger partial charge in [-0.1, -0.05) is 12.1 Å². The zero-order valence-electron chi connectivity index (χ0n) is 10.1. The van der Waals surface area contributed by atoms with Crippen molar-refractivity contribution < 1.29 is 4.39 Å². The van der Waals surface area contributed by atoms with Gasteiger partial charge in [0, 0.05) is 25.2 Å². The average Bonchev–Trinajstić information content (AvgIpc) is 2.90. The molecule has 0 unspecified atom stereocenters. The maximum atomic E-state index is 13.7. The Morgan fingerprint density at radius 3 is 2.76 bits per heavy atom. The van der Waals surface area contributed by atoms with Crippen LogP contribution in [-0.4, -0.2) is 22.6 Å². The first kappa shape index (κ1) is 10.8. The lowest BCUT2D eigenvalue weighted by atomic mass is 10.1. The number of aromatic nitrogens is 1. The zero-order valence-corrected chi connectivity index (χ0v) is 10.1. The molecule has 0 amide bonds. The SMILES string of the molecule is Cn1cc(CN2CCCC2)c2cccc(F)c21. The number of rotatable bonds is 2. The van der Waals surface area contributed by atoms with Gasteiger partial charge in [-0.15, -0.1) is 0 Å². The quantitative estimate of drug-likeness (QED) is 0.773. The summed E-state index contributed by atoms with van der Waals surface area (Å²) in [6.07, 6.45) is 4.64. The third-order valence-corrected chi connectivity index (χ3v) is 3.63. The molecule has 1 saturated heterocycles. The molecule has 0 N–H and O–H groups in total. The van der Waals surface area contributed by atoms with Gasteiger partial charge >= 0.3 is 0 Å². The van der Waals surface area contributed by atoms with Crippen molar-refractivity contribution in [1.29, 1.82) is 0 Å². The van der Waals surface area contributed by atoms with E-state index in [-0.39, 0.29) is 5.82 Å². The van der Waals surface area contributed by atoms with Gasteiger partial charge in [-0.25, -0.2) is 4.39 Å². The topological polar surface area (TPSA) is 8.17 Å². The summed E-state index contributed by atoms with van der Waals surface area (Å²) in [5, 5.41) is 1.06. The molecule has 0 atom stereocenters. The van der Waals surface area contributed by atoms with Gasteiger partial charge in [0.15, 0.2) is 0 Å². The van der Waals surface area contributed by atoms with Gasteiger partial charge < -0.3 is 4.57 Å². The van der Waals surface area contributed by atoms with Crippen LogP contribution in [0.2, 0.25) is 0 Å². The normalized spacial score (nSPS) is 17.1. The van der Waals surface area contributed by atoms with E-state index in [1.165, 1.54) is 37.6 Å². The molecular formula is C14H17FN2. The number of hydrogen-bond acceptors (Lipinski definition) is 1. The molecule has 1 aliphatic rings. The molecule has 0 bridgehead atoms. The van der Waals surface area contributed by atoms with Crippen molar-refractivity contribution in [2.24, 2.45) is 7.05 Å². The van der Waals surface area contributed by atoms with E-state index in [0.717, 1.165) is 17.4 Å². The van der Waals surface area contributed by atoms with E-state index in [1.54, 1.807) is 6.07 Å². The van der Waals surface area contributed by atoms with E-state index < -0.39 is 0 Å². The third-order valence-electron chi connectivity index (χ3n) is 3.63. The number of fused-ring (bicyclic) bond motifs is 1. The second kappa shape index (κ2) is 4.15. The highest BCUT2D eigenvalue weighted by atomic mass is 19.1. The molecule has 90 valence electrons. The Hall–Kier alpha value is -1.35. The molecule has 1 aromatic carbocycles. The van der Waals surface area contributed by atoms with Gasteiger partial charge in [-0.3, -0.25) is 4.90 Å². The fourth-order valence-electron chi connectivity index (χ4n) is 2.81. The molecule has 3 rings (SSSR count). The minimum Gasteiger partial charge on any atom is -0.348 e. The largest absolute Gasteiger partial charge is 0.348 e. The lowest BCUT2D eigenvalue weighted by Gasteiger charge is -2.13. The van der Waals surface area contributed by atoms with Crippen LogP contribution in [0.1, 0.15) is 18.4 Å². The lowest BCUT2D eigenvalue weighted by Crippen LogP contribution is -2.18. The minimum atomic E-state index is -0.127. The predicted octanol–water partition coefficient (Wildman–Crippen LogP) is 2.91. The van der Waals surface area contributed by atoms with Crippen molar-refractivity contribution in [2.45, 2.75) is 19.4 Å². The fraction of sp³-hybridized carbons (Fsp3) is 0.429. The maximum Gasteiger partial charge on any atom is 0.147 e. The zero-order chi connectivity index (χ0) is 11.8. The second-order valence-electron chi connectivity index (χ2n) is 4.88. The summed E-state index contributed by atoms with van der Waals surface area (Å²) < 4.78 is 15.6. The molecule has 1 aromatic heterocycles. The molecule has 2 nitrogen and oxygen atoms in total. The van der Waals surface area contributed by atoms with E-state index >= 15 is 0 Å². The van der Waals surface area contributed by atoms with Crippen molar-refractivity contribution in [3.63, 3.8) is 0 Å². The molecule has 0 saturated carbocycles. The Morgan fingerprint density at radius 1 is 1.24 bits per heavy atom. The van der Waals surface area contributed by atoms with Crippen LogP contribution in [0.4, 0.5) is 4.39 Å². The van der Waals surface area contributed by atoms with Crippen LogP contribution in [0.25, 0.3) is 10.9 Å². The van der Waals surface area contributed by atoms with Crippen molar-refractivity contribution in [3.05, 3.63) is 35.8 Å². The second-order valence-corrected chi connectivity index (χ2v) is 4.88. The number of hydrogen-bond donors (Lipinski definition) is 0. The smallest absolute Gasteiger partial charge is 0.147 e. The molecule has 2 heterocycles. The Morgan fingerprint density at radius 2 is 2.00 bits per heavy atom. The van der Waals surface area contributed by atoms with E-state index in [0.29, 0.717) is 0 Å². The number of nitrogens with zero attached hydrogens (tertiary/aromatic N) is 2. The van der Waals surface area contributed by atoms with Crippen LogP contribution < -0.4 is 0 Å². The number of likely N-dealkylation sites (tertiary alicyclic amines) is 1. The molecule has 3 heteroatoms. The summed E-state index contributed by atoms with van der Waals surface area (Å²) in [5.74, 6) is -0.127. The van der Waals surface area contributed by atoms with E-state index in [2.05, 4.69) is 11.1 Å². The standard InChI is InChI=1S/C14H17FN2/c1-16-9-11(10-17-7-2-3-8-17)12-5-4-6-13(15)14(12)16/h4-6,9H,2-3,7-8,10H2,1H3. The van der Waals surface area contributed by atoms with Crippen LogP contribution in [-0.2, 0) is 13.6 Å². The first-order valence-corrected chi connectivity index (χ1v) is 6.20. The van der Waals surface area contributed by atoms with Crippen LogP contribution >= 0.6 is 0 Å². The Bertz CT molecular complexity index is 538. The summed E-state index contributed by atoms with van der Waals surface area (Å²) in [7, 11) is 1.92. The summed E-state index contributed by atoms with van der Waals surface area (Å²) in [5.41, 5.74) is 1.96. The first-order chi connectivity index (χ1) is 8.25. The summed E-state index contributed by atoms with van der Waals surface area (Å²) in [4.78, 5) is 2.44. The Kier molecular flexibility index (Phi) is 2.63. The number of aryl methyl sites for hydroxylation is 1. The fourth-order valence-corrected chi connectivity index (χ4v) is 2.81. The van der Waals surface area contributed by atoms with E-state index in [9.17, 15) is 4.39 Å². The van der Waals surface area contributed by atoms with Crippen LogP contribution in [0.5, 0.6) is 0 Å². The van der Waals surface area contributed by atoms with Crippen molar-refractivity contribution >= 4 is 10.9 Å². The van der Waals surface area contributed by atoms with E-state index in [1.807, 2.05) is 17.7 Å². The monoisotopic (exact) mass is 232 g/mol. The summed E-state index contributed by atoms with van der Waals surface area (Å²) in [6.45, 7) is 3.29. The molecule has 0 aliphatic carbocycles. The molecule has 17 heavy (non-hydrogen) atoms. The summed E-state index contributed by atoms with van der Waals surface area (Å²) >= 11 is 0.